The highest BCUT2D eigenvalue weighted by Gasteiger charge is 2.49. The SMILES string of the molecule is NC(=O)C1(N2CCCCC2)CCN(C2CC(=O)N(Cc3ccc4c(c3)OCO4)C2=O)CC1. The Morgan fingerprint density at radius 3 is 2.47 bits per heavy atom. The fourth-order valence-electron chi connectivity index (χ4n) is 5.58. The molecule has 172 valence electrons. The number of hydrogen-bond donors (Lipinski definition) is 1. The Balaban J connectivity index is 1.25. The smallest absolute Gasteiger partial charge is 0.247 e. The first-order valence-electron chi connectivity index (χ1n) is 11.5. The first kappa shape index (κ1) is 21.2. The quantitative estimate of drug-likeness (QED) is 0.674. The molecule has 5 rings (SSSR count). The Hall–Kier alpha value is -2.65. The van der Waals surface area contributed by atoms with Crippen LogP contribution in [0.25, 0.3) is 0 Å². The van der Waals surface area contributed by atoms with Crippen LogP contribution in [0.4, 0.5) is 0 Å². The zero-order valence-corrected chi connectivity index (χ0v) is 18.3. The zero-order chi connectivity index (χ0) is 22.3. The maximum absolute atomic E-state index is 13.2. The van der Waals surface area contributed by atoms with Gasteiger partial charge in [0.15, 0.2) is 11.5 Å². The lowest BCUT2D eigenvalue weighted by atomic mass is 9.83. The van der Waals surface area contributed by atoms with Gasteiger partial charge in [-0.25, -0.2) is 0 Å². The normalized spacial score (nSPS) is 26.0. The summed E-state index contributed by atoms with van der Waals surface area (Å²) in [6, 6.07) is 5.00. The van der Waals surface area contributed by atoms with Gasteiger partial charge in [0.2, 0.25) is 24.5 Å². The maximum Gasteiger partial charge on any atom is 0.247 e. The molecule has 1 aromatic rings. The Bertz CT molecular complexity index is 921. The third-order valence-corrected chi connectivity index (χ3v) is 7.48. The first-order chi connectivity index (χ1) is 15.5. The largest absolute Gasteiger partial charge is 0.454 e. The molecule has 0 aromatic heterocycles. The van der Waals surface area contributed by atoms with Crippen molar-refractivity contribution in [1.82, 2.24) is 14.7 Å². The van der Waals surface area contributed by atoms with Gasteiger partial charge in [0.25, 0.3) is 0 Å². The topological polar surface area (TPSA) is 105 Å². The number of benzene rings is 1. The predicted molar refractivity (Wildman–Crippen MR) is 115 cm³/mol. The molecule has 1 atom stereocenters. The van der Waals surface area contributed by atoms with E-state index in [4.69, 9.17) is 15.2 Å². The molecule has 0 radical (unpaired) electrons. The summed E-state index contributed by atoms with van der Waals surface area (Å²) >= 11 is 0. The van der Waals surface area contributed by atoms with E-state index in [9.17, 15) is 14.4 Å². The molecule has 3 amide bonds. The van der Waals surface area contributed by atoms with Gasteiger partial charge in [-0.15, -0.1) is 0 Å². The first-order valence-corrected chi connectivity index (χ1v) is 11.5. The van der Waals surface area contributed by atoms with Gasteiger partial charge >= 0.3 is 0 Å². The summed E-state index contributed by atoms with van der Waals surface area (Å²) < 4.78 is 10.7. The number of fused-ring (bicyclic) bond motifs is 1. The number of likely N-dealkylation sites (tertiary alicyclic amines) is 3. The number of primary amides is 1. The van der Waals surface area contributed by atoms with Gasteiger partial charge in [-0.05, 0) is 56.5 Å². The maximum atomic E-state index is 13.2. The lowest BCUT2D eigenvalue weighted by Gasteiger charge is -2.48. The van der Waals surface area contributed by atoms with Gasteiger partial charge in [-0.3, -0.25) is 29.1 Å². The molecule has 3 saturated heterocycles. The van der Waals surface area contributed by atoms with Crippen LogP contribution in [0.3, 0.4) is 0 Å². The van der Waals surface area contributed by atoms with Crippen molar-refractivity contribution >= 4 is 17.7 Å². The van der Waals surface area contributed by atoms with Crippen LogP contribution < -0.4 is 15.2 Å². The molecular formula is C23H30N4O5. The number of amides is 3. The van der Waals surface area contributed by atoms with Gasteiger partial charge in [-0.1, -0.05) is 12.5 Å². The average molecular weight is 443 g/mol. The van der Waals surface area contributed by atoms with Crippen molar-refractivity contribution in [2.24, 2.45) is 5.73 Å². The number of carbonyl (C=O) groups is 3. The molecule has 32 heavy (non-hydrogen) atoms. The second-order valence-electron chi connectivity index (χ2n) is 9.21. The minimum absolute atomic E-state index is 0.166. The summed E-state index contributed by atoms with van der Waals surface area (Å²) in [6.45, 7) is 3.36. The number of hydrogen-bond acceptors (Lipinski definition) is 7. The van der Waals surface area contributed by atoms with Crippen LogP contribution in [-0.2, 0) is 20.9 Å². The van der Waals surface area contributed by atoms with E-state index in [1.807, 2.05) is 12.1 Å². The van der Waals surface area contributed by atoms with Crippen molar-refractivity contribution in [3.05, 3.63) is 23.8 Å². The van der Waals surface area contributed by atoms with Crippen molar-refractivity contribution in [2.45, 2.75) is 56.7 Å². The molecule has 0 spiro atoms. The Morgan fingerprint density at radius 2 is 1.75 bits per heavy atom. The summed E-state index contributed by atoms with van der Waals surface area (Å²) in [5, 5.41) is 0. The molecular weight excluding hydrogens is 412 g/mol. The van der Waals surface area contributed by atoms with E-state index in [0.29, 0.717) is 37.4 Å². The molecule has 1 aromatic carbocycles. The van der Waals surface area contributed by atoms with Crippen LogP contribution >= 0.6 is 0 Å². The van der Waals surface area contributed by atoms with E-state index < -0.39 is 11.6 Å². The summed E-state index contributed by atoms with van der Waals surface area (Å²) in [5.74, 6) is 0.704. The van der Waals surface area contributed by atoms with Crippen molar-refractivity contribution in [3.8, 4) is 11.5 Å². The van der Waals surface area contributed by atoms with Gasteiger partial charge in [0.1, 0.15) is 5.54 Å². The molecule has 4 aliphatic rings. The molecule has 2 N–H and O–H groups in total. The highest BCUT2D eigenvalue weighted by atomic mass is 16.7. The molecule has 3 fully saturated rings. The fourth-order valence-corrected chi connectivity index (χ4v) is 5.58. The van der Waals surface area contributed by atoms with Crippen molar-refractivity contribution in [1.29, 1.82) is 0 Å². The molecule has 0 saturated carbocycles. The molecule has 4 aliphatic heterocycles. The summed E-state index contributed by atoms with van der Waals surface area (Å²) in [4.78, 5) is 44.0. The van der Waals surface area contributed by atoms with Crippen LogP contribution in [0.1, 0.15) is 44.1 Å². The number of rotatable bonds is 5. The van der Waals surface area contributed by atoms with Crippen LogP contribution in [0, 0.1) is 0 Å². The van der Waals surface area contributed by atoms with E-state index in [2.05, 4.69) is 9.80 Å². The monoisotopic (exact) mass is 442 g/mol. The Kier molecular flexibility index (Phi) is 5.54. The van der Waals surface area contributed by atoms with Crippen LogP contribution in [0.5, 0.6) is 11.5 Å². The van der Waals surface area contributed by atoms with E-state index >= 15 is 0 Å². The van der Waals surface area contributed by atoms with Crippen LogP contribution in [0.2, 0.25) is 0 Å². The predicted octanol–water partition coefficient (Wildman–Crippen LogP) is 0.849. The number of ether oxygens (including phenoxy) is 2. The summed E-state index contributed by atoms with van der Waals surface area (Å²) in [6.07, 6.45) is 4.74. The van der Waals surface area contributed by atoms with Crippen LogP contribution in [0.15, 0.2) is 18.2 Å². The highest BCUT2D eigenvalue weighted by molar-refractivity contribution is 6.05. The standard InChI is InChI=1S/C23H30N4O5/c24-22(30)23(26-8-2-1-3-9-26)6-10-25(11-7-23)17-13-20(28)27(21(17)29)14-16-4-5-18-19(12-16)32-15-31-18/h4-5,12,17H,1-3,6-11,13-15H2,(H2,24,30). The van der Waals surface area contributed by atoms with Gasteiger partial charge in [0.05, 0.1) is 19.0 Å². The van der Waals surface area contributed by atoms with Crippen molar-refractivity contribution in [2.75, 3.05) is 33.0 Å². The van der Waals surface area contributed by atoms with E-state index in [1.165, 1.54) is 11.3 Å². The molecule has 9 nitrogen and oxygen atoms in total. The molecule has 0 aliphatic carbocycles. The molecule has 0 bridgehead atoms. The third-order valence-electron chi connectivity index (χ3n) is 7.48. The number of piperidine rings is 2. The van der Waals surface area contributed by atoms with E-state index in [1.54, 1.807) is 6.07 Å². The van der Waals surface area contributed by atoms with Crippen LogP contribution in [-0.4, -0.2) is 77.0 Å². The second kappa shape index (κ2) is 8.37. The lowest BCUT2D eigenvalue weighted by Crippen LogP contribution is -2.64. The van der Waals surface area contributed by atoms with E-state index in [-0.39, 0.29) is 37.5 Å². The summed E-state index contributed by atoms with van der Waals surface area (Å²) in [5.41, 5.74) is 6.08. The van der Waals surface area contributed by atoms with Gasteiger partial charge < -0.3 is 15.2 Å². The summed E-state index contributed by atoms with van der Waals surface area (Å²) in [7, 11) is 0. The number of imide groups is 1. The average Bonchev–Trinajstić information content (AvgIpc) is 3.39. The number of nitrogens with zero attached hydrogens (tertiary/aromatic N) is 3. The van der Waals surface area contributed by atoms with E-state index in [0.717, 1.165) is 31.5 Å². The molecule has 1 unspecified atom stereocenters. The number of carbonyl (C=O) groups excluding carboxylic acids is 3. The van der Waals surface area contributed by atoms with Gasteiger partial charge in [0, 0.05) is 13.1 Å². The number of nitrogens with two attached hydrogens (primary N) is 1. The lowest BCUT2D eigenvalue weighted by molar-refractivity contribution is -0.141. The Morgan fingerprint density at radius 1 is 1.03 bits per heavy atom. The highest BCUT2D eigenvalue weighted by Crippen LogP contribution is 2.35. The van der Waals surface area contributed by atoms with Crippen molar-refractivity contribution < 1.29 is 23.9 Å². The second-order valence-corrected chi connectivity index (χ2v) is 9.21. The zero-order valence-electron chi connectivity index (χ0n) is 18.3. The van der Waals surface area contributed by atoms with Gasteiger partial charge in [-0.2, -0.15) is 0 Å². The van der Waals surface area contributed by atoms with Crippen molar-refractivity contribution in [3.63, 3.8) is 0 Å². The Labute approximate surface area is 187 Å². The fraction of sp³-hybridized carbons (Fsp3) is 0.609. The molecule has 4 heterocycles. The minimum Gasteiger partial charge on any atom is -0.454 e. The minimum atomic E-state index is -0.630. The third kappa shape index (κ3) is 3.63. The molecule has 9 heteroatoms.